The number of allylic oxidation sites excluding steroid dienone is 1. The first-order chi connectivity index (χ1) is 29.1. The van der Waals surface area contributed by atoms with E-state index in [1.165, 1.54) is 43.4 Å². The summed E-state index contributed by atoms with van der Waals surface area (Å²) in [4.78, 5) is 14.8. The number of nitrogens with zero attached hydrogens (tertiary/aromatic N) is 3. The van der Waals surface area contributed by atoms with Gasteiger partial charge in [0.15, 0.2) is 5.82 Å². The molecule has 0 spiro atoms. The van der Waals surface area contributed by atoms with Gasteiger partial charge < -0.3 is 0 Å². The number of hydrogen-bond donors (Lipinski definition) is 0. The normalized spacial score (nSPS) is 11.5. The maximum atomic E-state index is 5.23. The molecule has 59 heavy (non-hydrogen) atoms. The lowest BCUT2D eigenvalue weighted by Crippen LogP contribution is -1.96. The lowest BCUT2D eigenvalue weighted by atomic mass is 9.89. The largest absolute Gasteiger partial charge is 0.264 e. The summed E-state index contributed by atoms with van der Waals surface area (Å²) in [6.45, 7) is 6.25. The molecule has 0 N–H and O–H groups in total. The predicted molar refractivity (Wildman–Crippen MR) is 250 cm³/mol. The molecule has 0 saturated heterocycles. The zero-order valence-electron chi connectivity index (χ0n) is 32.7. The smallest absolute Gasteiger partial charge is 0.160 e. The van der Waals surface area contributed by atoms with Gasteiger partial charge in [0.05, 0.1) is 11.4 Å². The standard InChI is InChI=1S/C56H39N3/c1-3-12-49-46(4-2)47-16-7-5-13-43(47)33-52(49)38-22-28-41(29-23-38)55-35-54(40-26-20-37(21-27-40)45-15-11-32-57-36-45)58-56(59-55)42-30-24-39(25-31-42)53-34-44-14-6-8-17-48(44)50-18-9-10-19-51(50)53/h3-36H,2H2,1H3/b12-3-. The van der Waals surface area contributed by atoms with E-state index >= 15 is 0 Å². The Bertz CT molecular complexity index is 3200. The van der Waals surface area contributed by atoms with E-state index in [1.807, 2.05) is 18.3 Å². The molecule has 3 heteroatoms. The van der Waals surface area contributed by atoms with Crippen LogP contribution < -0.4 is 0 Å². The molecule has 2 aromatic heterocycles. The van der Waals surface area contributed by atoms with Crippen LogP contribution >= 0.6 is 0 Å². The topological polar surface area (TPSA) is 38.7 Å². The Morgan fingerprint density at radius 2 is 0.949 bits per heavy atom. The highest BCUT2D eigenvalue weighted by Gasteiger charge is 2.15. The lowest BCUT2D eigenvalue weighted by molar-refractivity contribution is 1.18. The lowest BCUT2D eigenvalue weighted by Gasteiger charge is -2.15. The Balaban J connectivity index is 1.07. The van der Waals surface area contributed by atoms with E-state index in [0.29, 0.717) is 5.82 Å². The molecule has 0 aliphatic carbocycles. The van der Waals surface area contributed by atoms with Crippen LogP contribution in [0.1, 0.15) is 18.1 Å². The fraction of sp³-hybridized carbons (Fsp3) is 0.0179. The van der Waals surface area contributed by atoms with Crippen molar-refractivity contribution in [3.8, 4) is 67.3 Å². The van der Waals surface area contributed by atoms with Crippen molar-refractivity contribution in [2.24, 2.45) is 0 Å². The summed E-state index contributed by atoms with van der Waals surface area (Å²) in [6.07, 6.45) is 9.94. The average Bonchev–Trinajstić information content (AvgIpc) is 3.31. The second-order valence-corrected chi connectivity index (χ2v) is 14.8. The third-order valence-corrected chi connectivity index (χ3v) is 11.3. The van der Waals surface area contributed by atoms with Crippen molar-refractivity contribution in [2.45, 2.75) is 6.92 Å². The Hall–Kier alpha value is -7.75. The molecule has 10 aromatic rings. The van der Waals surface area contributed by atoms with Crippen molar-refractivity contribution in [3.05, 3.63) is 212 Å². The number of aromatic nitrogens is 3. The Morgan fingerprint density at radius 1 is 0.424 bits per heavy atom. The highest BCUT2D eigenvalue weighted by atomic mass is 14.9. The Labute approximate surface area is 344 Å². The minimum absolute atomic E-state index is 0.674. The zero-order valence-corrected chi connectivity index (χ0v) is 32.7. The molecule has 0 unspecified atom stereocenters. The molecule has 0 radical (unpaired) electrons. The van der Waals surface area contributed by atoms with Crippen LogP contribution in [-0.2, 0) is 0 Å². The summed E-state index contributed by atoms with van der Waals surface area (Å²) in [5.41, 5.74) is 13.8. The van der Waals surface area contributed by atoms with Crippen LogP contribution in [0.25, 0.3) is 112 Å². The Kier molecular flexibility index (Phi) is 9.25. The van der Waals surface area contributed by atoms with E-state index in [0.717, 1.165) is 61.5 Å². The van der Waals surface area contributed by atoms with Gasteiger partial charge in [0.25, 0.3) is 0 Å². The molecule has 278 valence electrons. The first kappa shape index (κ1) is 35.6. The molecular weight excluding hydrogens is 715 g/mol. The predicted octanol–water partition coefficient (Wildman–Crippen LogP) is 15.0. The van der Waals surface area contributed by atoms with Gasteiger partial charge in [-0.15, -0.1) is 0 Å². The summed E-state index contributed by atoms with van der Waals surface area (Å²) in [5, 5.41) is 7.37. The van der Waals surface area contributed by atoms with Gasteiger partial charge in [-0.3, -0.25) is 4.98 Å². The molecule has 2 heterocycles. The third-order valence-electron chi connectivity index (χ3n) is 11.3. The minimum atomic E-state index is 0.674. The number of rotatable bonds is 8. The van der Waals surface area contributed by atoms with Gasteiger partial charge in [-0.05, 0) is 108 Å². The molecule has 0 saturated carbocycles. The summed E-state index contributed by atoms with van der Waals surface area (Å²) >= 11 is 0. The summed E-state index contributed by atoms with van der Waals surface area (Å²) in [5.74, 6) is 0.674. The third kappa shape index (κ3) is 6.69. The van der Waals surface area contributed by atoms with Crippen LogP contribution in [0.15, 0.2) is 201 Å². The van der Waals surface area contributed by atoms with Crippen molar-refractivity contribution in [1.82, 2.24) is 15.0 Å². The van der Waals surface area contributed by atoms with E-state index in [1.54, 1.807) is 6.20 Å². The van der Waals surface area contributed by atoms with E-state index in [9.17, 15) is 0 Å². The van der Waals surface area contributed by atoms with Crippen LogP contribution in [0.3, 0.4) is 0 Å². The van der Waals surface area contributed by atoms with Crippen LogP contribution in [-0.4, -0.2) is 15.0 Å². The molecule has 8 aromatic carbocycles. The summed E-state index contributed by atoms with van der Waals surface area (Å²) < 4.78 is 0. The quantitative estimate of drug-likeness (QED) is 0.145. The number of hydrogen-bond acceptors (Lipinski definition) is 3. The molecule has 10 rings (SSSR count). The first-order valence-electron chi connectivity index (χ1n) is 20.0. The van der Waals surface area contributed by atoms with Crippen molar-refractivity contribution in [1.29, 1.82) is 0 Å². The average molecular weight is 754 g/mol. The van der Waals surface area contributed by atoms with Gasteiger partial charge in [0, 0.05) is 29.1 Å². The van der Waals surface area contributed by atoms with Crippen molar-refractivity contribution < 1.29 is 0 Å². The van der Waals surface area contributed by atoms with Gasteiger partial charge in [0.2, 0.25) is 0 Å². The van der Waals surface area contributed by atoms with E-state index in [2.05, 4.69) is 200 Å². The molecule has 0 aliphatic heterocycles. The molecule has 0 atom stereocenters. The van der Waals surface area contributed by atoms with Crippen LogP contribution in [0.5, 0.6) is 0 Å². The second-order valence-electron chi connectivity index (χ2n) is 14.8. The summed E-state index contributed by atoms with van der Waals surface area (Å²) in [6, 6.07) is 62.5. The van der Waals surface area contributed by atoms with E-state index in [4.69, 9.17) is 9.97 Å². The number of pyridine rings is 1. The second kappa shape index (κ2) is 15.3. The van der Waals surface area contributed by atoms with Crippen molar-refractivity contribution >= 4 is 44.5 Å². The maximum Gasteiger partial charge on any atom is 0.160 e. The van der Waals surface area contributed by atoms with Crippen molar-refractivity contribution in [3.63, 3.8) is 0 Å². The summed E-state index contributed by atoms with van der Waals surface area (Å²) in [7, 11) is 0. The fourth-order valence-corrected chi connectivity index (χ4v) is 8.35. The van der Waals surface area contributed by atoms with Gasteiger partial charge in [-0.1, -0.05) is 176 Å². The van der Waals surface area contributed by atoms with Crippen LogP contribution in [0, 0.1) is 0 Å². The monoisotopic (exact) mass is 753 g/mol. The van der Waals surface area contributed by atoms with E-state index < -0.39 is 0 Å². The molecule has 0 fully saturated rings. The molecule has 3 nitrogen and oxygen atoms in total. The SMILES string of the molecule is C=Cc1c(/C=C\C)c(-c2ccc(-c3cc(-c4ccc(-c5cccnc5)cc4)nc(-c4ccc(-c5cc6ccccc6c6ccccc56)cc4)n3)cc2)cc2ccccc12. The van der Waals surface area contributed by atoms with Gasteiger partial charge in [0.1, 0.15) is 0 Å². The maximum absolute atomic E-state index is 5.23. The van der Waals surface area contributed by atoms with Gasteiger partial charge >= 0.3 is 0 Å². The van der Waals surface area contributed by atoms with E-state index in [-0.39, 0.29) is 0 Å². The highest BCUT2D eigenvalue weighted by molar-refractivity contribution is 6.13. The highest BCUT2D eigenvalue weighted by Crippen LogP contribution is 2.38. The number of fused-ring (bicyclic) bond motifs is 4. The number of benzene rings is 8. The molecule has 0 aliphatic rings. The van der Waals surface area contributed by atoms with Gasteiger partial charge in [-0.25, -0.2) is 9.97 Å². The molecular formula is C56H39N3. The van der Waals surface area contributed by atoms with Crippen molar-refractivity contribution in [2.75, 3.05) is 0 Å². The van der Waals surface area contributed by atoms with Crippen LogP contribution in [0.4, 0.5) is 0 Å². The van der Waals surface area contributed by atoms with Crippen LogP contribution in [0.2, 0.25) is 0 Å². The molecule has 0 bridgehead atoms. The van der Waals surface area contributed by atoms with Gasteiger partial charge in [-0.2, -0.15) is 0 Å². The first-order valence-corrected chi connectivity index (χ1v) is 20.0. The Morgan fingerprint density at radius 3 is 1.58 bits per heavy atom. The fourth-order valence-electron chi connectivity index (χ4n) is 8.35. The minimum Gasteiger partial charge on any atom is -0.264 e. The zero-order chi connectivity index (χ0) is 39.7. The molecule has 0 amide bonds.